The van der Waals surface area contributed by atoms with E-state index in [1.807, 2.05) is 54.3 Å². The molecule has 0 fully saturated rings. The van der Waals surface area contributed by atoms with Gasteiger partial charge >= 0.3 is 6.03 Å². The maximum Gasteiger partial charge on any atom is 0.326 e. The van der Waals surface area contributed by atoms with Crippen molar-refractivity contribution < 1.29 is 9.53 Å². The van der Waals surface area contributed by atoms with Gasteiger partial charge in [0, 0.05) is 20.1 Å². The van der Waals surface area contributed by atoms with Gasteiger partial charge in [0.25, 0.3) is 0 Å². The quantitative estimate of drug-likeness (QED) is 0.929. The van der Waals surface area contributed by atoms with Crippen LogP contribution in [-0.4, -0.2) is 32.8 Å². The van der Waals surface area contributed by atoms with Crippen LogP contribution in [0.15, 0.2) is 48.5 Å². The van der Waals surface area contributed by atoms with Gasteiger partial charge in [-0.3, -0.25) is 4.90 Å². The Hall–Kier alpha value is -2.69. The van der Waals surface area contributed by atoms with E-state index in [0.29, 0.717) is 24.6 Å². The van der Waals surface area contributed by atoms with Crippen molar-refractivity contribution >= 4 is 23.1 Å². The van der Waals surface area contributed by atoms with E-state index in [4.69, 9.17) is 4.74 Å². The smallest absolute Gasteiger partial charge is 0.326 e. The van der Waals surface area contributed by atoms with Gasteiger partial charge in [0.2, 0.25) is 0 Å². The Morgan fingerprint density at radius 3 is 2.58 bits per heavy atom. The maximum absolute atomic E-state index is 12.9. The SMILES string of the molecule is CCOc1ccccc1NC(=O)N1CCCN(C)c2ccccc21. The summed E-state index contributed by atoms with van der Waals surface area (Å²) in [6.07, 6.45) is 0.922. The number of benzene rings is 2. The zero-order chi connectivity index (χ0) is 16.9. The average molecular weight is 325 g/mol. The number of amides is 2. The van der Waals surface area contributed by atoms with Gasteiger partial charge in [-0.1, -0.05) is 24.3 Å². The summed E-state index contributed by atoms with van der Waals surface area (Å²) in [5.74, 6) is 0.688. The molecule has 2 amide bonds. The fourth-order valence-corrected chi connectivity index (χ4v) is 2.97. The highest BCUT2D eigenvalue weighted by molar-refractivity contribution is 6.04. The van der Waals surface area contributed by atoms with Crippen LogP contribution in [0, 0.1) is 0 Å². The van der Waals surface area contributed by atoms with E-state index in [1.54, 1.807) is 0 Å². The second-order valence-corrected chi connectivity index (χ2v) is 5.77. The Kier molecular flexibility index (Phi) is 4.89. The number of anilines is 3. The number of fused-ring (bicyclic) bond motifs is 1. The minimum Gasteiger partial charge on any atom is -0.492 e. The zero-order valence-electron chi connectivity index (χ0n) is 14.2. The summed E-state index contributed by atoms with van der Waals surface area (Å²) in [5, 5.41) is 2.99. The predicted octanol–water partition coefficient (Wildman–Crippen LogP) is 3.96. The van der Waals surface area contributed by atoms with Crippen LogP contribution in [0.1, 0.15) is 13.3 Å². The van der Waals surface area contributed by atoms with Gasteiger partial charge in [-0.15, -0.1) is 0 Å². The third-order valence-corrected chi connectivity index (χ3v) is 4.13. The highest BCUT2D eigenvalue weighted by atomic mass is 16.5. The van der Waals surface area contributed by atoms with Gasteiger partial charge < -0.3 is 15.0 Å². The topological polar surface area (TPSA) is 44.8 Å². The second-order valence-electron chi connectivity index (χ2n) is 5.77. The van der Waals surface area contributed by atoms with Crippen molar-refractivity contribution in [1.29, 1.82) is 0 Å². The van der Waals surface area contributed by atoms with Gasteiger partial charge in [-0.25, -0.2) is 4.79 Å². The maximum atomic E-state index is 12.9. The van der Waals surface area contributed by atoms with E-state index in [-0.39, 0.29) is 6.03 Å². The van der Waals surface area contributed by atoms with E-state index in [1.165, 1.54) is 0 Å². The molecular formula is C19H23N3O2. The number of rotatable bonds is 3. The summed E-state index contributed by atoms with van der Waals surface area (Å²) >= 11 is 0. The number of hydrogen-bond donors (Lipinski definition) is 1. The Morgan fingerprint density at radius 1 is 1.08 bits per heavy atom. The molecule has 0 saturated carbocycles. The number of urea groups is 1. The molecule has 1 aliphatic rings. The van der Waals surface area contributed by atoms with Crippen LogP contribution in [0.4, 0.5) is 21.9 Å². The monoisotopic (exact) mass is 325 g/mol. The standard InChI is InChI=1S/C19H23N3O2/c1-3-24-18-12-7-4-9-15(18)20-19(23)22-14-8-13-21(2)16-10-5-6-11-17(16)22/h4-7,9-12H,3,8,13-14H2,1-2H3,(H,20,23). The third-order valence-electron chi connectivity index (χ3n) is 4.13. The first-order chi connectivity index (χ1) is 11.7. The van der Waals surface area contributed by atoms with Crippen LogP contribution < -0.4 is 19.9 Å². The van der Waals surface area contributed by atoms with Gasteiger partial charge in [-0.05, 0) is 37.6 Å². The number of nitrogens with one attached hydrogen (secondary N) is 1. The number of hydrogen-bond acceptors (Lipinski definition) is 3. The summed E-state index contributed by atoms with van der Waals surface area (Å²) in [7, 11) is 2.06. The molecule has 0 atom stereocenters. The van der Waals surface area contributed by atoms with Gasteiger partial charge in [0.05, 0.1) is 23.7 Å². The summed E-state index contributed by atoms with van der Waals surface area (Å²) < 4.78 is 5.59. The molecule has 3 rings (SSSR count). The van der Waals surface area contributed by atoms with E-state index in [9.17, 15) is 4.79 Å². The molecule has 5 nitrogen and oxygen atoms in total. The Morgan fingerprint density at radius 2 is 1.79 bits per heavy atom. The number of ether oxygens (including phenoxy) is 1. The summed E-state index contributed by atoms with van der Waals surface area (Å²) in [6.45, 7) is 4.10. The van der Waals surface area contributed by atoms with Gasteiger partial charge in [0.1, 0.15) is 5.75 Å². The fourth-order valence-electron chi connectivity index (χ4n) is 2.97. The third kappa shape index (κ3) is 3.30. The van der Waals surface area contributed by atoms with Crippen molar-refractivity contribution in [3.8, 4) is 5.75 Å². The number of nitrogens with zero attached hydrogens (tertiary/aromatic N) is 2. The molecule has 0 spiro atoms. The normalized spacial score (nSPS) is 13.9. The van der Waals surface area contributed by atoms with E-state index in [0.717, 1.165) is 24.3 Å². The molecule has 0 aliphatic carbocycles. The van der Waals surface area contributed by atoms with Crippen molar-refractivity contribution in [3.05, 3.63) is 48.5 Å². The second kappa shape index (κ2) is 7.25. The lowest BCUT2D eigenvalue weighted by molar-refractivity contribution is 0.256. The van der Waals surface area contributed by atoms with Crippen molar-refractivity contribution in [3.63, 3.8) is 0 Å². The Labute approximate surface area is 142 Å². The molecule has 2 aromatic carbocycles. The lowest BCUT2D eigenvalue weighted by Gasteiger charge is -2.25. The molecule has 0 aromatic heterocycles. The number of para-hydroxylation sites is 4. The predicted molar refractivity (Wildman–Crippen MR) is 98.3 cm³/mol. The molecule has 1 heterocycles. The molecule has 126 valence electrons. The van der Waals surface area contributed by atoms with Crippen molar-refractivity contribution in [2.24, 2.45) is 0 Å². The number of carbonyl (C=O) groups is 1. The van der Waals surface area contributed by atoms with E-state index < -0.39 is 0 Å². The highest BCUT2D eigenvalue weighted by Crippen LogP contribution is 2.32. The molecule has 0 bridgehead atoms. The zero-order valence-corrected chi connectivity index (χ0v) is 14.2. The minimum atomic E-state index is -0.134. The first-order valence-electron chi connectivity index (χ1n) is 8.31. The number of carbonyl (C=O) groups excluding carboxylic acids is 1. The van der Waals surface area contributed by atoms with Crippen molar-refractivity contribution in [1.82, 2.24) is 0 Å². The van der Waals surface area contributed by atoms with Crippen molar-refractivity contribution in [2.45, 2.75) is 13.3 Å². The van der Waals surface area contributed by atoms with Crippen LogP contribution in [0.3, 0.4) is 0 Å². The lowest BCUT2D eigenvalue weighted by atomic mass is 10.2. The lowest BCUT2D eigenvalue weighted by Crippen LogP contribution is -2.35. The molecular weight excluding hydrogens is 302 g/mol. The molecule has 0 unspecified atom stereocenters. The molecule has 0 saturated heterocycles. The van der Waals surface area contributed by atoms with Crippen LogP contribution in [0.2, 0.25) is 0 Å². The molecule has 5 heteroatoms. The fraction of sp³-hybridized carbons (Fsp3) is 0.316. The Bertz CT molecular complexity index is 717. The van der Waals surface area contributed by atoms with E-state index >= 15 is 0 Å². The van der Waals surface area contributed by atoms with Crippen molar-refractivity contribution in [2.75, 3.05) is 41.9 Å². The highest BCUT2D eigenvalue weighted by Gasteiger charge is 2.23. The summed E-state index contributed by atoms with van der Waals surface area (Å²) in [5.41, 5.74) is 2.70. The average Bonchev–Trinajstić information content (AvgIpc) is 2.76. The molecule has 1 N–H and O–H groups in total. The van der Waals surface area contributed by atoms with E-state index in [2.05, 4.69) is 23.3 Å². The van der Waals surface area contributed by atoms with Crippen LogP contribution >= 0.6 is 0 Å². The summed E-state index contributed by atoms with van der Waals surface area (Å²) in [4.78, 5) is 16.9. The van der Waals surface area contributed by atoms with Gasteiger partial charge in [-0.2, -0.15) is 0 Å². The first kappa shape index (κ1) is 16.2. The molecule has 24 heavy (non-hydrogen) atoms. The van der Waals surface area contributed by atoms with Crippen LogP contribution in [0.25, 0.3) is 0 Å². The first-order valence-corrected chi connectivity index (χ1v) is 8.31. The van der Waals surface area contributed by atoms with Crippen LogP contribution in [0.5, 0.6) is 5.75 Å². The minimum absolute atomic E-state index is 0.134. The van der Waals surface area contributed by atoms with Gasteiger partial charge in [0.15, 0.2) is 0 Å². The summed E-state index contributed by atoms with van der Waals surface area (Å²) in [6, 6.07) is 15.4. The van der Waals surface area contributed by atoms with Crippen LogP contribution in [-0.2, 0) is 0 Å². The molecule has 0 radical (unpaired) electrons. The molecule has 1 aliphatic heterocycles. The molecule has 2 aromatic rings. The largest absolute Gasteiger partial charge is 0.492 e. The Balaban J connectivity index is 1.86.